The Balaban J connectivity index is 2.35. The number of likely N-dealkylation sites (N-methyl/N-ethyl adjacent to an activating group) is 1. The predicted octanol–water partition coefficient (Wildman–Crippen LogP) is 2.55. The van der Waals surface area contributed by atoms with Gasteiger partial charge in [-0.3, -0.25) is 4.79 Å². The van der Waals surface area contributed by atoms with Gasteiger partial charge in [0.15, 0.2) is 0 Å². The molecule has 110 valence electrons. The number of carbonyl (C=O) groups is 1. The van der Waals surface area contributed by atoms with E-state index in [4.69, 9.17) is 5.73 Å². The fraction of sp³-hybridized carbons (Fsp3) is 0.588. The predicted molar refractivity (Wildman–Crippen MR) is 82.4 cm³/mol. The van der Waals surface area contributed by atoms with E-state index in [9.17, 15) is 4.79 Å². The summed E-state index contributed by atoms with van der Waals surface area (Å²) in [7, 11) is 0. The van der Waals surface area contributed by atoms with E-state index in [2.05, 4.69) is 19.1 Å². The van der Waals surface area contributed by atoms with Crippen LogP contribution in [0.25, 0.3) is 0 Å². The summed E-state index contributed by atoms with van der Waals surface area (Å²) < 4.78 is 0. The molecule has 3 heteroatoms. The molecule has 0 radical (unpaired) electrons. The molecule has 3 nitrogen and oxygen atoms in total. The highest BCUT2D eigenvalue weighted by Crippen LogP contribution is 2.57. The normalized spacial score (nSPS) is 26.1. The number of hydrogen-bond acceptors (Lipinski definition) is 2. The highest BCUT2D eigenvalue weighted by molar-refractivity contribution is 5.92. The van der Waals surface area contributed by atoms with Crippen molar-refractivity contribution in [2.45, 2.75) is 45.1 Å². The molecule has 0 aromatic heterocycles. The van der Waals surface area contributed by atoms with Gasteiger partial charge in [0.1, 0.15) is 0 Å². The molecule has 2 N–H and O–H groups in total. The molecule has 1 aromatic rings. The lowest BCUT2D eigenvalue weighted by Crippen LogP contribution is -2.42. The van der Waals surface area contributed by atoms with Gasteiger partial charge in [0.2, 0.25) is 5.91 Å². The standard InChI is InChI=1S/C17H26N2O/c1-4-15(18)14-12-17(14,13-10-8-7-9-11-13)16(20)19(5-2)6-3/h7-11,14-15H,4-6,12,18H2,1-3H3/t14-,15+,17+/m1/s1. The van der Waals surface area contributed by atoms with Gasteiger partial charge in [-0.1, -0.05) is 37.3 Å². The van der Waals surface area contributed by atoms with Crippen molar-refractivity contribution in [2.75, 3.05) is 13.1 Å². The van der Waals surface area contributed by atoms with Crippen LogP contribution in [0.1, 0.15) is 39.2 Å². The van der Waals surface area contributed by atoms with Gasteiger partial charge >= 0.3 is 0 Å². The monoisotopic (exact) mass is 274 g/mol. The maximum atomic E-state index is 13.0. The van der Waals surface area contributed by atoms with Crippen LogP contribution in [0.3, 0.4) is 0 Å². The van der Waals surface area contributed by atoms with E-state index in [0.29, 0.717) is 0 Å². The highest BCUT2D eigenvalue weighted by atomic mass is 16.2. The maximum absolute atomic E-state index is 13.0. The van der Waals surface area contributed by atoms with Crippen molar-refractivity contribution >= 4 is 5.91 Å². The lowest BCUT2D eigenvalue weighted by Gasteiger charge is -2.27. The minimum atomic E-state index is -0.372. The van der Waals surface area contributed by atoms with Gasteiger partial charge < -0.3 is 10.6 Å². The van der Waals surface area contributed by atoms with Crippen LogP contribution in [-0.2, 0) is 10.2 Å². The van der Waals surface area contributed by atoms with E-state index in [1.54, 1.807) is 0 Å². The number of hydrogen-bond donors (Lipinski definition) is 1. The first-order chi connectivity index (χ1) is 9.61. The quantitative estimate of drug-likeness (QED) is 0.866. The van der Waals surface area contributed by atoms with Crippen molar-refractivity contribution in [3.8, 4) is 0 Å². The van der Waals surface area contributed by atoms with E-state index >= 15 is 0 Å². The zero-order chi connectivity index (χ0) is 14.8. The van der Waals surface area contributed by atoms with Crippen molar-refractivity contribution in [2.24, 2.45) is 11.7 Å². The van der Waals surface area contributed by atoms with Crippen LogP contribution in [0, 0.1) is 5.92 Å². The number of nitrogens with zero attached hydrogens (tertiary/aromatic N) is 1. The Kier molecular flexibility index (Phi) is 4.48. The molecule has 3 atom stereocenters. The molecule has 0 unspecified atom stereocenters. The van der Waals surface area contributed by atoms with Crippen molar-refractivity contribution in [1.82, 2.24) is 4.90 Å². The summed E-state index contributed by atoms with van der Waals surface area (Å²) in [6.07, 6.45) is 1.81. The smallest absolute Gasteiger partial charge is 0.233 e. The molecule has 1 fully saturated rings. The first-order valence-electron chi connectivity index (χ1n) is 7.72. The first kappa shape index (κ1) is 15.0. The minimum absolute atomic E-state index is 0.106. The van der Waals surface area contributed by atoms with Gasteiger partial charge in [-0.2, -0.15) is 0 Å². The summed E-state index contributed by atoms with van der Waals surface area (Å²) in [6, 6.07) is 10.3. The van der Waals surface area contributed by atoms with Gasteiger partial charge in [-0.15, -0.1) is 0 Å². The molecule has 1 saturated carbocycles. The zero-order valence-electron chi connectivity index (χ0n) is 12.8. The largest absolute Gasteiger partial charge is 0.342 e. The average molecular weight is 274 g/mol. The topological polar surface area (TPSA) is 46.3 Å². The van der Waals surface area contributed by atoms with Crippen LogP contribution in [0.2, 0.25) is 0 Å². The molecule has 0 saturated heterocycles. The van der Waals surface area contributed by atoms with Crippen LogP contribution in [0.15, 0.2) is 30.3 Å². The van der Waals surface area contributed by atoms with Gasteiger partial charge in [-0.25, -0.2) is 0 Å². The van der Waals surface area contributed by atoms with Crippen LogP contribution in [-0.4, -0.2) is 29.9 Å². The van der Waals surface area contributed by atoms with Crippen LogP contribution < -0.4 is 5.73 Å². The van der Waals surface area contributed by atoms with E-state index in [0.717, 1.165) is 31.5 Å². The molecular formula is C17H26N2O. The molecule has 0 spiro atoms. The van der Waals surface area contributed by atoms with E-state index in [1.165, 1.54) is 0 Å². The first-order valence-corrected chi connectivity index (χ1v) is 7.72. The van der Waals surface area contributed by atoms with E-state index in [-0.39, 0.29) is 23.3 Å². The van der Waals surface area contributed by atoms with Gasteiger partial charge in [-0.05, 0) is 38.2 Å². The Labute approximate surface area is 122 Å². The SMILES string of the molecule is CC[C@H](N)[C@H]1C[C@]1(C(=O)N(CC)CC)c1ccccc1. The second-order valence-electron chi connectivity index (χ2n) is 5.70. The lowest BCUT2D eigenvalue weighted by molar-refractivity contribution is -0.134. The second kappa shape index (κ2) is 5.96. The summed E-state index contributed by atoms with van der Waals surface area (Å²) in [4.78, 5) is 14.9. The third kappa shape index (κ3) is 2.35. The molecule has 1 amide bonds. The van der Waals surface area contributed by atoms with Crippen molar-refractivity contribution in [3.63, 3.8) is 0 Å². The van der Waals surface area contributed by atoms with E-state index in [1.807, 2.05) is 36.9 Å². The molecule has 1 aliphatic rings. The highest BCUT2D eigenvalue weighted by Gasteiger charge is 2.63. The number of benzene rings is 1. The average Bonchev–Trinajstić information content (AvgIpc) is 3.25. The Hall–Kier alpha value is -1.35. The molecule has 2 rings (SSSR count). The maximum Gasteiger partial charge on any atom is 0.233 e. The molecule has 1 aromatic carbocycles. The number of amides is 1. The van der Waals surface area contributed by atoms with Crippen LogP contribution >= 0.6 is 0 Å². The molecule has 20 heavy (non-hydrogen) atoms. The molecule has 1 aliphatic carbocycles. The zero-order valence-corrected chi connectivity index (χ0v) is 12.8. The number of rotatable bonds is 6. The summed E-state index contributed by atoms with van der Waals surface area (Å²) in [6.45, 7) is 7.70. The molecule has 0 bridgehead atoms. The van der Waals surface area contributed by atoms with Crippen molar-refractivity contribution < 1.29 is 4.79 Å². The number of carbonyl (C=O) groups excluding carboxylic acids is 1. The Morgan fingerprint density at radius 2 is 1.90 bits per heavy atom. The van der Waals surface area contributed by atoms with Crippen molar-refractivity contribution in [3.05, 3.63) is 35.9 Å². The Morgan fingerprint density at radius 1 is 1.30 bits per heavy atom. The summed E-state index contributed by atoms with van der Waals surface area (Å²) >= 11 is 0. The summed E-state index contributed by atoms with van der Waals surface area (Å²) in [5.41, 5.74) is 7.00. The van der Waals surface area contributed by atoms with E-state index < -0.39 is 0 Å². The second-order valence-corrected chi connectivity index (χ2v) is 5.70. The molecule has 0 heterocycles. The fourth-order valence-corrected chi connectivity index (χ4v) is 3.32. The molecular weight excluding hydrogens is 248 g/mol. The third-order valence-corrected chi connectivity index (χ3v) is 4.72. The Morgan fingerprint density at radius 3 is 2.40 bits per heavy atom. The van der Waals surface area contributed by atoms with Crippen LogP contribution in [0.5, 0.6) is 0 Å². The summed E-state index contributed by atoms with van der Waals surface area (Å²) in [5.74, 6) is 0.533. The fourth-order valence-electron chi connectivity index (χ4n) is 3.32. The lowest BCUT2D eigenvalue weighted by atomic mass is 9.89. The minimum Gasteiger partial charge on any atom is -0.342 e. The van der Waals surface area contributed by atoms with Gasteiger partial charge in [0.25, 0.3) is 0 Å². The van der Waals surface area contributed by atoms with Gasteiger partial charge in [0, 0.05) is 19.1 Å². The molecule has 0 aliphatic heterocycles. The van der Waals surface area contributed by atoms with Gasteiger partial charge in [0.05, 0.1) is 5.41 Å². The Bertz CT molecular complexity index is 455. The van der Waals surface area contributed by atoms with Crippen molar-refractivity contribution in [1.29, 1.82) is 0 Å². The number of nitrogens with two attached hydrogens (primary N) is 1. The van der Waals surface area contributed by atoms with Crippen LogP contribution in [0.4, 0.5) is 0 Å². The summed E-state index contributed by atoms with van der Waals surface area (Å²) in [5, 5.41) is 0. The third-order valence-electron chi connectivity index (χ3n) is 4.72.